The van der Waals surface area contributed by atoms with Gasteiger partial charge in [0.05, 0.1) is 0 Å². The van der Waals surface area contributed by atoms with Crippen molar-refractivity contribution in [3.05, 3.63) is 35.9 Å². The molecule has 23 heavy (non-hydrogen) atoms. The van der Waals surface area contributed by atoms with Gasteiger partial charge in [0.25, 0.3) is 0 Å². The van der Waals surface area contributed by atoms with Gasteiger partial charge in [-0.3, -0.25) is 4.79 Å². The number of carboxylic acid groups (broad SMARTS) is 1. The van der Waals surface area contributed by atoms with Crippen LogP contribution in [0.25, 0.3) is 0 Å². The van der Waals surface area contributed by atoms with E-state index >= 15 is 0 Å². The Morgan fingerprint density at radius 3 is 2.30 bits per heavy atom. The number of amides is 1. The number of aliphatic carboxylic acids is 1. The Labute approximate surface area is 138 Å². The number of carboxylic acids is 1. The van der Waals surface area contributed by atoms with E-state index in [0.29, 0.717) is 19.5 Å². The Morgan fingerprint density at radius 1 is 1.09 bits per heavy atom. The molecule has 0 fully saturated rings. The highest BCUT2D eigenvalue weighted by Crippen LogP contribution is 2.14. The Morgan fingerprint density at radius 2 is 1.74 bits per heavy atom. The third-order valence-electron chi connectivity index (χ3n) is 3.19. The summed E-state index contributed by atoms with van der Waals surface area (Å²) in [5.41, 5.74) is 0.513. The van der Waals surface area contributed by atoms with Gasteiger partial charge in [-0.25, -0.2) is 4.79 Å². The molecule has 0 bridgehead atoms. The predicted molar refractivity (Wildman–Crippen MR) is 89.2 cm³/mol. The fourth-order valence-corrected chi connectivity index (χ4v) is 2.12. The highest BCUT2D eigenvalue weighted by Gasteiger charge is 2.22. The fourth-order valence-electron chi connectivity index (χ4n) is 2.12. The van der Waals surface area contributed by atoms with Crippen LogP contribution in [0.5, 0.6) is 0 Å². The Bertz CT molecular complexity index is 493. The summed E-state index contributed by atoms with van der Waals surface area (Å²) in [7, 11) is 0. The molecule has 0 saturated heterocycles. The summed E-state index contributed by atoms with van der Waals surface area (Å²) in [6.07, 6.45) is 2.01. The minimum absolute atomic E-state index is 0.172. The maximum Gasteiger partial charge on any atom is 0.410 e. The maximum absolute atomic E-state index is 12.3. The molecule has 0 aliphatic carbocycles. The first-order chi connectivity index (χ1) is 10.8. The summed E-state index contributed by atoms with van der Waals surface area (Å²) < 4.78 is 5.46. The Kier molecular flexibility index (Phi) is 7.59. The third-order valence-corrected chi connectivity index (χ3v) is 3.19. The van der Waals surface area contributed by atoms with E-state index < -0.39 is 11.6 Å². The summed E-state index contributed by atoms with van der Waals surface area (Å²) in [5, 5.41) is 8.65. The number of carbonyl (C=O) groups is 2. The highest BCUT2D eigenvalue weighted by atomic mass is 16.6. The van der Waals surface area contributed by atoms with Gasteiger partial charge in [-0.05, 0) is 39.2 Å². The largest absolute Gasteiger partial charge is 0.481 e. The van der Waals surface area contributed by atoms with Crippen LogP contribution in [0, 0.1) is 0 Å². The van der Waals surface area contributed by atoms with Crippen molar-refractivity contribution in [3.63, 3.8) is 0 Å². The number of unbranched alkanes of at least 4 members (excludes halogenated alkanes) is 2. The normalized spacial score (nSPS) is 11.1. The summed E-state index contributed by atoms with van der Waals surface area (Å²) in [6, 6.07) is 9.77. The molecule has 0 spiro atoms. The van der Waals surface area contributed by atoms with Crippen LogP contribution in [-0.2, 0) is 16.1 Å². The van der Waals surface area contributed by atoms with E-state index in [1.54, 1.807) is 4.90 Å². The summed E-state index contributed by atoms with van der Waals surface area (Å²) in [5.74, 6) is -0.779. The lowest BCUT2D eigenvalue weighted by atomic mass is 10.1. The molecule has 0 unspecified atom stereocenters. The zero-order valence-corrected chi connectivity index (χ0v) is 14.2. The van der Waals surface area contributed by atoms with Crippen molar-refractivity contribution >= 4 is 12.1 Å². The fraction of sp³-hybridized carbons (Fsp3) is 0.556. The average molecular weight is 321 g/mol. The lowest BCUT2D eigenvalue weighted by Gasteiger charge is -2.27. The van der Waals surface area contributed by atoms with Crippen LogP contribution in [0.4, 0.5) is 4.79 Å². The number of carbonyl (C=O) groups excluding carboxylic acids is 1. The molecule has 0 heterocycles. The van der Waals surface area contributed by atoms with Crippen LogP contribution in [0.15, 0.2) is 30.3 Å². The molecule has 1 rings (SSSR count). The van der Waals surface area contributed by atoms with Gasteiger partial charge in [0, 0.05) is 19.5 Å². The maximum atomic E-state index is 12.3. The smallest absolute Gasteiger partial charge is 0.410 e. The van der Waals surface area contributed by atoms with Crippen LogP contribution in [0.1, 0.15) is 52.0 Å². The average Bonchev–Trinajstić information content (AvgIpc) is 2.44. The molecule has 5 heteroatoms. The Balaban J connectivity index is 2.57. The van der Waals surface area contributed by atoms with Crippen LogP contribution in [-0.4, -0.2) is 34.2 Å². The number of ether oxygens (including phenoxy) is 1. The van der Waals surface area contributed by atoms with Gasteiger partial charge in [-0.2, -0.15) is 0 Å². The van der Waals surface area contributed by atoms with Gasteiger partial charge < -0.3 is 14.7 Å². The van der Waals surface area contributed by atoms with E-state index in [1.165, 1.54) is 0 Å². The standard InChI is InChI=1S/C18H27NO4/c1-18(2,3)23-17(22)19(13-9-5-8-12-16(20)21)14-15-10-6-4-7-11-15/h4,6-7,10-11H,5,8-9,12-14H2,1-3H3,(H,20,21). The quantitative estimate of drug-likeness (QED) is 0.733. The molecule has 1 N–H and O–H groups in total. The van der Waals surface area contributed by atoms with E-state index in [0.717, 1.165) is 18.4 Å². The SMILES string of the molecule is CC(C)(C)OC(=O)N(CCCCCC(=O)O)Cc1ccccc1. The minimum atomic E-state index is -0.779. The molecule has 5 nitrogen and oxygen atoms in total. The van der Waals surface area contributed by atoms with Gasteiger partial charge >= 0.3 is 12.1 Å². The second-order valence-corrected chi connectivity index (χ2v) is 6.59. The number of hydrogen-bond donors (Lipinski definition) is 1. The molecule has 0 aliphatic heterocycles. The molecule has 0 atom stereocenters. The zero-order chi connectivity index (χ0) is 17.3. The van der Waals surface area contributed by atoms with Crippen molar-refractivity contribution in [1.29, 1.82) is 0 Å². The third kappa shape index (κ3) is 8.86. The molecule has 1 aromatic rings. The van der Waals surface area contributed by atoms with E-state index in [-0.39, 0.29) is 12.5 Å². The molecular formula is C18H27NO4. The first-order valence-corrected chi connectivity index (χ1v) is 8.01. The topological polar surface area (TPSA) is 66.8 Å². The van der Waals surface area contributed by atoms with Crippen molar-refractivity contribution in [2.45, 2.75) is 58.6 Å². The van der Waals surface area contributed by atoms with E-state index in [2.05, 4.69) is 0 Å². The number of rotatable bonds is 8. The predicted octanol–water partition coefficient (Wildman–Crippen LogP) is 4.07. The molecular weight excluding hydrogens is 294 g/mol. The van der Waals surface area contributed by atoms with Crippen LogP contribution in [0.3, 0.4) is 0 Å². The molecule has 1 aromatic carbocycles. The molecule has 0 saturated carbocycles. The molecule has 0 radical (unpaired) electrons. The lowest BCUT2D eigenvalue weighted by Crippen LogP contribution is -2.37. The van der Waals surface area contributed by atoms with Crippen molar-refractivity contribution in [2.24, 2.45) is 0 Å². The number of nitrogens with zero attached hydrogens (tertiary/aromatic N) is 1. The minimum Gasteiger partial charge on any atom is -0.481 e. The Hall–Kier alpha value is -2.04. The van der Waals surface area contributed by atoms with Crippen molar-refractivity contribution in [2.75, 3.05) is 6.54 Å². The summed E-state index contributed by atoms with van der Waals surface area (Å²) >= 11 is 0. The van der Waals surface area contributed by atoms with Gasteiger partial charge in [-0.15, -0.1) is 0 Å². The summed E-state index contributed by atoms with van der Waals surface area (Å²) in [6.45, 7) is 6.59. The van der Waals surface area contributed by atoms with E-state index in [9.17, 15) is 9.59 Å². The number of benzene rings is 1. The van der Waals surface area contributed by atoms with Crippen LogP contribution < -0.4 is 0 Å². The van der Waals surface area contributed by atoms with E-state index in [1.807, 2.05) is 51.1 Å². The van der Waals surface area contributed by atoms with Gasteiger partial charge in [-0.1, -0.05) is 36.8 Å². The van der Waals surface area contributed by atoms with Crippen LogP contribution in [0.2, 0.25) is 0 Å². The lowest BCUT2D eigenvalue weighted by molar-refractivity contribution is -0.137. The molecule has 128 valence electrons. The molecule has 0 aromatic heterocycles. The second kappa shape index (κ2) is 9.18. The zero-order valence-electron chi connectivity index (χ0n) is 14.2. The van der Waals surface area contributed by atoms with Crippen LogP contribution >= 0.6 is 0 Å². The van der Waals surface area contributed by atoms with Gasteiger partial charge in [0.15, 0.2) is 0 Å². The second-order valence-electron chi connectivity index (χ2n) is 6.59. The van der Waals surface area contributed by atoms with Crippen molar-refractivity contribution < 1.29 is 19.4 Å². The summed E-state index contributed by atoms with van der Waals surface area (Å²) in [4.78, 5) is 24.5. The number of hydrogen-bond acceptors (Lipinski definition) is 3. The first-order valence-electron chi connectivity index (χ1n) is 8.01. The molecule has 1 amide bonds. The van der Waals surface area contributed by atoms with Gasteiger partial charge in [0.1, 0.15) is 5.60 Å². The first kappa shape index (κ1) is 19.0. The monoisotopic (exact) mass is 321 g/mol. The van der Waals surface area contributed by atoms with E-state index in [4.69, 9.17) is 9.84 Å². The molecule has 0 aliphatic rings. The highest BCUT2D eigenvalue weighted by molar-refractivity contribution is 5.68. The van der Waals surface area contributed by atoms with Crippen molar-refractivity contribution in [3.8, 4) is 0 Å². The van der Waals surface area contributed by atoms with Gasteiger partial charge in [0.2, 0.25) is 0 Å². The van der Waals surface area contributed by atoms with Crippen molar-refractivity contribution in [1.82, 2.24) is 4.90 Å².